The Kier molecular flexibility index (Phi) is 8.91. The van der Waals surface area contributed by atoms with E-state index in [1.807, 2.05) is 24.3 Å². The predicted molar refractivity (Wildman–Crippen MR) is 175 cm³/mol. The second-order valence-corrected chi connectivity index (χ2v) is 13.0. The summed E-state index contributed by atoms with van der Waals surface area (Å²) in [5.74, 6) is -1.42. The number of aliphatic hydroxyl groups is 1. The third-order valence-electron chi connectivity index (χ3n) is 7.01. The molecule has 1 unspecified atom stereocenters. The Balaban J connectivity index is 1.40. The molecule has 0 radical (unpaired) electrons. The lowest BCUT2D eigenvalue weighted by Crippen LogP contribution is -2.29. The highest BCUT2D eigenvalue weighted by atomic mass is 35.5. The van der Waals surface area contributed by atoms with E-state index in [0.29, 0.717) is 42.8 Å². The number of halogens is 3. The molecule has 1 fully saturated rings. The molecule has 226 valence electrons. The van der Waals surface area contributed by atoms with Crippen LogP contribution >= 0.6 is 46.3 Å². The van der Waals surface area contributed by atoms with Gasteiger partial charge in [0.15, 0.2) is 4.34 Å². The van der Waals surface area contributed by atoms with Crippen molar-refractivity contribution in [3.05, 3.63) is 135 Å². The number of thioether (sulfide) groups is 1. The number of ether oxygens (including phenoxy) is 1. The molecule has 7 nitrogen and oxygen atoms in total. The Morgan fingerprint density at radius 3 is 2.51 bits per heavy atom. The van der Waals surface area contributed by atoms with Crippen LogP contribution in [0, 0.1) is 12.7 Å². The normalized spacial score (nSPS) is 15.9. The number of Topliss-reactive ketones (excluding diaryl/α,β-unsaturated/α-hetero) is 1. The first-order chi connectivity index (χ1) is 21.7. The van der Waals surface area contributed by atoms with Crippen LogP contribution in [-0.4, -0.2) is 27.0 Å². The van der Waals surface area contributed by atoms with E-state index in [9.17, 15) is 19.1 Å². The minimum atomic E-state index is -1.11. The second-order valence-electron chi connectivity index (χ2n) is 10.00. The van der Waals surface area contributed by atoms with Crippen molar-refractivity contribution >= 4 is 68.9 Å². The van der Waals surface area contributed by atoms with Gasteiger partial charge in [0.1, 0.15) is 23.1 Å². The average Bonchev–Trinajstić information content (AvgIpc) is 3.60. The standard InChI is InChI=1S/C33H22Cl2FN3O4S2/c1-18-10-11-20(15-26(18)36)29(40)27-28(19-6-5-9-24(14-19)43-23-7-3-2-4-8-23)39(31(42)30(27)41)32-37-38-33(45-32)44-17-21-12-13-22(34)16-25(21)35/h2-16,28,40H,17H2,1H3. The Morgan fingerprint density at radius 1 is 0.978 bits per heavy atom. The highest BCUT2D eigenvalue weighted by Crippen LogP contribution is 2.45. The smallest absolute Gasteiger partial charge is 0.301 e. The summed E-state index contributed by atoms with van der Waals surface area (Å²) in [7, 11) is 0. The fraction of sp³-hybridized carbons (Fsp3) is 0.0909. The van der Waals surface area contributed by atoms with Gasteiger partial charge in [-0.1, -0.05) is 94.8 Å². The molecular weight excluding hydrogens is 656 g/mol. The number of carbonyl (C=O) groups is 2. The van der Waals surface area contributed by atoms with Gasteiger partial charge in [-0.05, 0) is 66.1 Å². The zero-order valence-electron chi connectivity index (χ0n) is 23.4. The lowest BCUT2D eigenvalue weighted by Gasteiger charge is -2.23. The van der Waals surface area contributed by atoms with Gasteiger partial charge in [-0.25, -0.2) is 4.39 Å². The summed E-state index contributed by atoms with van der Waals surface area (Å²) in [4.78, 5) is 28.4. The van der Waals surface area contributed by atoms with Crippen LogP contribution < -0.4 is 9.64 Å². The van der Waals surface area contributed by atoms with Crippen molar-refractivity contribution in [3.63, 3.8) is 0 Å². The predicted octanol–water partition coefficient (Wildman–Crippen LogP) is 9.00. The molecule has 1 saturated heterocycles. The number of aliphatic hydroxyl groups excluding tert-OH is 1. The molecule has 1 aromatic heterocycles. The van der Waals surface area contributed by atoms with Crippen molar-refractivity contribution in [1.82, 2.24) is 10.2 Å². The third-order valence-corrected chi connectivity index (χ3v) is 9.70. The van der Waals surface area contributed by atoms with Gasteiger partial charge < -0.3 is 9.84 Å². The number of aryl methyl sites for hydroxylation is 1. The van der Waals surface area contributed by atoms with Crippen LogP contribution in [0.5, 0.6) is 11.5 Å². The molecule has 0 bridgehead atoms. The topological polar surface area (TPSA) is 92.6 Å². The van der Waals surface area contributed by atoms with Crippen LogP contribution in [-0.2, 0) is 15.3 Å². The Morgan fingerprint density at radius 2 is 1.76 bits per heavy atom. The number of nitrogens with zero attached hydrogens (tertiary/aromatic N) is 3. The number of anilines is 1. The maximum atomic E-state index is 14.5. The van der Waals surface area contributed by atoms with Crippen molar-refractivity contribution in [3.8, 4) is 11.5 Å². The van der Waals surface area contributed by atoms with E-state index in [1.165, 1.54) is 28.8 Å². The molecule has 12 heteroatoms. The molecule has 1 aliphatic rings. The van der Waals surface area contributed by atoms with Gasteiger partial charge in [0.2, 0.25) is 5.13 Å². The van der Waals surface area contributed by atoms with E-state index in [0.717, 1.165) is 23.0 Å². The molecule has 1 atom stereocenters. The molecule has 1 N–H and O–H groups in total. The molecule has 0 aliphatic carbocycles. The van der Waals surface area contributed by atoms with Crippen LogP contribution in [0.4, 0.5) is 9.52 Å². The van der Waals surface area contributed by atoms with E-state index in [2.05, 4.69) is 10.2 Å². The number of rotatable bonds is 8. The van der Waals surface area contributed by atoms with Gasteiger partial charge >= 0.3 is 5.91 Å². The molecule has 0 saturated carbocycles. The zero-order chi connectivity index (χ0) is 31.7. The number of ketones is 1. The summed E-state index contributed by atoms with van der Waals surface area (Å²) in [5, 5.41) is 21.1. The van der Waals surface area contributed by atoms with E-state index < -0.39 is 29.3 Å². The Labute approximate surface area is 275 Å². The van der Waals surface area contributed by atoms with Crippen LogP contribution in [0.25, 0.3) is 5.76 Å². The van der Waals surface area contributed by atoms with Crippen LogP contribution in [0.2, 0.25) is 10.0 Å². The molecule has 1 aliphatic heterocycles. The fourth-order valence-corrected chi connectivity index (χ4v) is 7.18. The number of aromatic nitrogens is 2. The van der Waals surface area contributed by atoms with Crippen molar-refractivity contribution in [2.24, 2.45) is 0 Å². The highest BCUT2D eigenvalue weighted by Gasteiger charge is 2.48. The first kappa shape index (κ1) is 30.8. The van der Waals surface area contributed by atoms with E-state index in [-0.39, 0.29) is 16.3 Å². The van der Waals surface area contributed by atoms with Gasteiger partial charge in [-0.15, -0.1) is 10.2 Å². The third kappa shape index (κ3) is 6.46. The summed E-state index contributed by atoms with van der Waals surface area (Å²) in [6, 6.07) is 24.2. The molecule has 1 amide bonds. The number of hydrogen-bond donors (Lipinski definition) is 1. The first-order valence-electron chi connectivity index (χ1n) is 13.5. The van der Waals surface area contributed by atoms with E-state index >= 15 is 0 Å². The van der Waals surface area contributed by atoms with E-state index in [1.54, 1.807) is 55.5 Å². The minimum absolute atomic E-state index is 0.0612. The highest BCUT2D eigenvalue weighted by molar-refractivity contribution is 8.00. The number of carbonyl (C=O) groups excluding carboxylic acids is 2. The number of amides is 1. The minimum Gasteiger partial charge on any atom is -0.507 e. The molecular formula is C33H22Cl2FN3O4S2. The van der Waals surface area contributed by atoms with Gasteiger partial charge in [-0.3, -0.25) is 14.5 Å². The quantitative estimate of drug-likeness (QED) is 0.0576. The fourth-order valence-electron chi connectivity index (χ4n) is 4.75. The van der Waals surface area contributed by atoms with Crippen LogP contribution in [0.3, 0.4) is 0 Å². The van der Waals surface area contributed by atoms with Gasteiger partial charge in [0.05, 0.1) is 11.6 Å². The molecule has 4 aromatic carbocycles. The largest absolute Gasteiger partial charge is 0.507 e. The van der Waals surface area contributed by atoms with Crippen LogP contribution in [0.1, 0.15) is 28.3 Å². The van der Waals surface area contributed by atoms with Crippen molar-refractivity contribution < 1.29 is 23.8 Å². The van der Waals surface area contributed by atoms with Crippen molar-refractivity contribution in [2.45, 2.75) is 23.1 Å². The second kappa shape index (κ2) is 13.0. The maximum absolute atomic E-state index is 14.5. The Bertz CT molecular complexity index is 1970. The number of para-hydroxylation sites is 1. The molecule has 2 heterocycles. The molecule has 45 heavy (non-hydrogen) atoms. The lowest BCUT2D eigenvalue weighted by atomic mass is 9.95. The number of benzene rings is 4. The number of hydrogen-bond acceptors (Lipinski definition) is 8. The summed E-state index contributed by atoms with van der Waals surface area (Å²) in [6.07, 6.45) is 0. The lowest BCUT2D eigenvalue weighted by molar-refractivity contribution is -0.132. The Hall–Kier alpha value is -4.22. The van der Waals surface area contributed by atoms with E-state index in [4.69, 9.17) is 27.9 Å². The average molecular weight is 679 g/mol. The van der Waals surface area contributed by atoms with Crippen molar-refractivity contribution in [2.75, 3.05) is 4.90 Å². The molecule has 5 aromatic rings. The first-order valence-corrected chi connectivity index (χ1v) is 16.1. The summed E-state index contributed by atoms with van der Waals surface area (Å²) < 4.78 is 21.1. The molecule has 6 rings (SSSR count). The summed E-state index contributed by atoms with van der Waals surface area (Å²) >= 11 is 14.8. The van der Waals surface area contributed by atoms with Gasteiger partial charge in [0, 0.05) is 21.4 Å². The summed E-state index contributed by atoms with van der Waals surface area (Å²) in [5.41, 5.74) is 1.52. The maximum Gasteiger partial charge on any atom is 0.301 e. The molecule has 0 spiro atoms. The summed E-state index contributed by atoms with van der Waals surface area (Å²) in [6.45, 7) is 1.59. The van der Waals surface area contributed by atoms with Gasteiger partial charge in [-0.2, -0.15) is 0 Å². The SMILES string of the molecule is Cc1ccc(C(O)=C2C(=O)C(=O)N(c3nnc(SCc4ccc(Cl)cc4Cl)s3)C2c2cccc(Oc3ccccc3)c2)cc1F. The van der Waals surface area contributed by atoms with Crippen LogP contribution in [0.15, 0.2) is 101 Å². The monoisotopic (exact) mass is 677 g/mol. The van der Waals surface area contributed by atoms with Crippen molar-refractivity contribution in [1.29, 1.82) is 0 Å². The zero-order valence-corrected chi connectivity index (χ0v) is 26.6. The van der Waals surface area contributed by atoms with Gasteiger partial charge in [0.25, 0.3) is 5.78 Å².